The molecule has 2 aromatic carbocycles. The number of carbonyl (C=O) groups excluding carboxylic acids is 1. The molecule has 3 nitrogen and oxygen atoms in total. The van der Waals surface area contributed by atoms with Crippen LogP contribution in [0.1, 0.15) is 30.9 Å². The minimum absolute atomic E-state index is 0.166. The Morgan fingerprint density at radius 1 is 0.958 bits per heavy atom. The number of esters is 1. The molecule has 0 aliphatic heterocycles. The van der Waals surface area contributed by atoms with Gasteiger partial charge in [0.1, 0.15) is 5.41 Å². The molecule has 0 aliphatic rings. The zero-order chi connectivity index (χ0) is 17.4. The standard InChI is InChI=1S/C21H27NO2/c1-4-24-20(23)21(16-11-17-22(2)3,18-12-7-5-8-13-18)19-14-9-6-10-15-19/h5-10,12-15H,4,11,16-17H2,1-3H3. The van der Waals surface area contributed by atoms with Gasteiger partial charge in [0.25, 0.3) is 0 Å². The number of ether oxygens (including phenoxy) is 1. The quantitative estimate of drug-likeness (QED) is 0.690. The molecule has 2 rings (SSSR count). The van der Waals surface area contributed by atoms with E-state index in [2.05, 4.69) is 19.0 Å². The van der Waals surface area contributed by atoms with E-state index in [1.165, 1.54) is 0 Å². The van der Waals surface area contributed by atoms with Gasteiger partial charge in [0.15, 0.2) is 0 Å². The number of carbonyl (C=O) groups is 1. The van der Waals surface area contributed by atoms with E-state index >= 15 is 0 Å². The first-order chi connectivity index (χ1) is 11.6. The Labute approximate surface area is 145 Å². The highest BCUT2D eigenvalue weighted by atomic mass is 16.5. The van der Waals surface area contributed by atoms with Gasteiger partial charge in [-0.2, -0.15) is 0 Å². The summed E-state index contributed by atoms with van der Waals surface area (Å²) in [5.74, 6) is -0.166. The first kappa shape index (κ1) is 18.2. The van der Waals surface area contributed by atoms with Crippen molar-refractivity contribution < 1.29 is 9.53 Å². The third kappa shape index (κ3) is 4.04. The van der Waals surface area contributed by atoms with E-state index in [0.717, 1.165) is 30.5 Å². The largest absolute Gasteiger partial charge is 0.465 e. The number of hydrogen-bond donors (Lipinski definition) is 0. The predicted molar refractivity (Wildman–Crippen MR) is 98.1 cm³/mol. The molecule has 128 valence electrons. The second-order valence-electron chi connectivity index (χ2n) is 6.26. The van der Waals surface area contributed by atoms with Crippen LogP contribution in [0.25, 0.3) is 0 Å². The maximum atomic E-state index is 13.1. The molecule has 0 unspecified atom stereocenters. The molecule has 0 saturated carbocycles. The lowest BCUT2D eigenvalue weighted by molar-refractivity contribution is -0.148. The Hall–Kier alpha value is -2.13. The van der Waals surface area contributed by atoms with Gasteiger partial charge in [-0.05, 0) is 51.5 Å². The van der Waals surface area contributed by atoms with Gasteiger partial charge in [-0.15, -0.1) is 0 Å². The Bertz CT molecular complexity index is 583. The molecule has 0 atom stereocenters. The third-order valence-electron chi connectivity index (χ3n) is 4.31. The Morgan fingerprint density at radius 2 is 1.46 bits per heavy atom. The van der Waals surface area contributed by atoms with E-state index < -0.39 is 5.41 Å². The van der Waals surface area contributed by atoms with Gasteiger partial charge in [-0.3, -0.25) is 4.79 Å². The van der Waals surface area contributed by atoms with E-state index in [1.807, 2.05) is 67.6 Å². The Balaban J connectivity index is 2.52. The minimum Gasteiger partial charge on any atom is -0.465 e. The third-order valence-corrected chi connectivity index (χ3v) is 4.31. The molecule has 0 aromatic heterocycles. The van der Waals surface area contributed by atoms with Crippen LogP contribution in [0.5, 0.6) is 0 Å². The van der Waals surface area contributed by atoms with Gasteiger partial charge in [-0.1, -0.05) is 60.7 Å². The second-order valence-corrected chi connectivity index (χ2v) is 6.26. The van der Waals surface area contributed by atoms with Crippen LogP contribution in [0.2, 0.25) is 0 Å². The number of rotatable bonds is 8. The van der Waals surface area contributed by atoms with Crippen molar-refractivity contribution in [1.29, 1.82) is 0 Å². The summed E-state index contributed by atoms with van der Waals surface area (Å²) >= 11 is 0. The van der Waals surface area contributed by atoms with Gasteiger partial charge in [0.2, 0.25) is 0 Å². The van der Waals surface area contributed by atoms with Crippen molar-refractivity contribution in [2.24, 2.45) is 0 Å². The average molecular weight is 325 g/mol. The van der Waals surface area contributed by atoms with Crippen LogP contribution in [0.15, 0.2) is 60.7 Å². The smallest absolute Gasteiger partial charge is 0.321 e. The van der Waals surface area contributed by atoms with E-state index in [0.29, 0.717) is 6.61 Å². The highest BCUT2D eigenvalue weighted by Gasteiger charge is 2.42. The summed E-state index contributed by atoms with van der Waals surface area (Å²) in [6, 6.07) is 20.0. The summed E-state index contributed by atoms with van der Waals surface area (Å²) < 4.78 is 5.52. The van der Waals surface area contributed by atoms with Crippen molar-refractivity contribution >= 4 is 5.97 Å². The fourth-order valence-electron chi connectivity index (χ4n) is 3.15. The summed E-state index contributed by atoms with van der Waals surface area (Å²) in [6.07, 6.45) is 1.63. The maximum absolute atomic E-state index is 13.1. The van der Waals surface area contributed by atoms with E-state index in [1.54, 1.807) is 0 Å². The lowest BCUT2D eigenvalue weighted by Crippen LogP contribution is -2.39. The summed E-state index contributed by atoms with van der Waals surface area (Å²) in [5, 5.41) is 0. The fourth-order valence-corrected chi connectivity index (χ4v) is 3.15. The summed E-state index contributed by atoms with van der Waals surface area (Å²) in [7, 11) is 4.11. The molecule has 3 heteroatoms. The van der Waals surface area contributed by atoms with Crippen molar-refractivity contribution in [3.63, 3.8) is 0 Å². The van der Waals surface area contributed by atoms with Crippen LogP contribution in [-0.2, 0) is 14.9 Å². The Kier molecular flexibility index (Phi) is 6.56. The van der Waals surface area contributed by atoms with Crippen LogP contribution in [0.4, 0.5) is 0 Å². The molecular weight excluding hydrogens is 298 g/mol. The first-order valence-electron chi connectivity index (χ1n) is 8.54. The zero-order valence-electron chi connectivity index (χ0n) is 14.9. The van der Waals surface area contributed by atoms with Gasteiger partial charge < -0.3 is 9.64 Å². The van der Waals surface area contributed by atoms with E-state index in [-0.39, 0.29) is 5.97 Å². The van der Waals surface area contributed by atoms with Gasteiger partial charge in [-0.25, -0.2) is 0 Å². The van der Waals surface area contributed by atoms with Crippen LogP contribution >= 0.6 is 0 Å². The molecule has 0 radical (unpaired) electrons. The molecule has 2 aromatic rings. The Morgan fingerprint density at radius 3 is 1.88 bits per heavy atom. The predicted octanol–water partition coefficient (Wildman–Crippen LogP) is 3.88. The molecule has 0 N–H and O–H groups in total. The molecule has 0 saturated heterocycles. The molecule has 0 heterocycles. The zero-order valence-corrected chi connectivity index (χ0v) is 14.9. The highest BCUT2D eigenvalue weighted by Crippen LogP contribution is 2.38. The lowest BCUT2D eigenvalue weighted by atomic mass is 9.71. The van der Waals surface area contributed by atoms with E-state index in [9.17, 15) is 4.79 Å². The summed E-state index contributed by atoms with van der Waals surface area (Å²) in [4.78, 5) is 15.3. The fraction of sp³-hybridized carbons (Fsp3) is 0.381. The SMILES string of the molecule is CCOC(=O)C(CCCN(C)C)(c1ccccc1)c1ccccc1. The number of nitrogens with zero attached hydrogens (tertiary/aromatic N) is 1. The van der Waals surface area contributed by atoms with Crippen LogP contribution < -0.4 is 0 Å². The van der Waals surface area contributed by atoms with Crippen molar-refractivity contribution in [3.05, 3.63) is 71.8 Å². The van der Waals surface area contributed by atoms with Gasteiger partial charge in [0, 0.05) is 0 Å². The monoisotopic (exact) mass is 325 g/mol. The van der Waals surface area contributed by atoms with Crippen LogP contribution in [0.3, 0.4) is 0 Å². The van der Waals surface area contributed by atoms with Crippen molar-refractivity contribution in [1.82, 2.24) is 4.90 Å². The first-order valence-corrected chi connectivity index (χ1v) is 8.54. The topological polar surface area (TPSA) is 29.5 Å². The molecular formula is C21H27NO2. The van der Waals surface area contributed by atoms with Crippen LogP contribution in [-0.4, -0.2) is 38.1 Å². The van der Waals surface area contributed by atoms with E-state index in [4.69, 9.17) is 4.74 Å². The normalized spacial score (nSPS) is 11.5. The van der Waals surface area contributed by atoms with Crippen molar-refractivity contribution in [3.8, 4) is 0 Å². The second kappa shape index (κ2) is 8.65. The molecule has 24 heavy (non-hydrogen) atoms. The maximum Gasteiger partial charge on any atom is 0.321 e. The molecule has 0 fully saturated rings. The average Bonchev–Trinajstić information content (AvgIpc) is 2.60. The number of benzene rings is 2. The summed E-state index contributed by atoms with van der Waals surface area (Å²) in [6.45, 7) is 3.17. The van der Waals surface area contributed by atoms with Crippen molar-refractivity contribution in [2.75, 3.05) is 27.2 Å². The lowest BCUT2D eigenvalue weighted by Gasteiger charge is -2.33. The van der Waals surface area contributed by atoms with Crippen LogP contribution in [0, 0.1) is 0 Å². The molecule has 0 amide bonds. The molecule has 0 bridgehead atoms. The molecule has 0 aliphatic carbocycles. The van der Waals surface area contributed by atoms with Gasteiger partial charge >= 0.3 is 5.97 Å². The molecule has 0 spiro atoms. The summed E-state index contributed by atoms with van der Waals surface area (Å²) in [5.41, 5.74) is 1.23. The highest BCUT2D eigenvalue weighted by molar-refractivity contribution is 5.87. The van der Waals surface area contributed by atoms with Gasteiger partial charge in [0.05, 0.1) is 6.61 Å². The number of hydrogen-bond acceptors (Lipinski definition) is 3. The minimum atomic E-state index is -0.755. The van der Waals surface area contributed by atoms with Crippen molar-refractivity contribution in [2.45, 2.75) is 25.2 Å².